The summed E-state index contributed by atoms with van der Waals surface area (Å²) in [6.45, 7) is 6.97. The predicted octanol–water partition coefficient (Wildman–Crippen LogP) is 5.88. The molecule has 4 aromatic carbocycles. The van der Waals surface area contributed by atoms with Gasteiger partial charge in [0, 0.05) is 18.5 Å². The summed E-state index contributed by atoms with van der Waals surface area (Å²) in [6.07, 6.45) is 0.211. The van der Waals surface area contributed by atoms with E-state index in [0.29, 0.717) is 0 Å². The third-order valence-corrected chi connectivity index (χ3v) is 8.88. The SMILES string of the molecule is Cc1ccccc1CN(C(=O)CN(c1ccc(F)cc1)S(=O)(=O)c1ccccc1)C(Cc1ccccc1)C(=O)NC(C)(C)C. The molecule has 1 unspecified atom stereocenters. The Labute approximate surface area is 259 Å². The zero-order valence-corrected chi connectivity index (χ0v) is 26.2. The van der Waals surface area contributed by atoms with E-state index in [1.165, 1.54) is 29.2 Å². The highest BCUT2D eigenvalue weighted by Crippen LogP contribution is 2.26. The molecule has 9 heteroatoms. The minimum atomic E-state index is -4.25. The van der Waals surface area contributed by atoms with Gasteiger partial charge in [-0.05, 0) is 80.8 Å². The number of nitrogens with zero attached hydrogens (tertiary/aromatic N) is 2. The molecule has 2 amide bonds. The Morgan fingerprint density at radius 1 is 0.818 bits per heavy atom. The van der Waals surface area contributed by atoms with Crippen molar-refractivity contribution in [2.75, 3.05) is 10.8 Å². The third-order valence-electron chi connectivity index (χ3n) is 7.10. The van der Waals surface area contributed by atoms with Gasteiger partial charge in [0.1, 0.15) is 18.4 Å². The van der Waals surface area contributed by atoms with Gasteiger partial charge < -0.3 is 10.2 Å². The van der Waals surface area contributed by atoms with Gasteiger partial charge >= 0.3 is 0 Å². The fraction of sp³-hybridized carbons (Fsp3) is 0.257. The molecule has 0 aliphatic heterocycles. The van der Waals surface area contributed by atoms with E-state index in [-0.39, 0.29) is 29.5 Å². The fourth-order valence-corrected chi connectivity index (χ4v) is 6.27. The highest BCUT2D eigenvalue weighted by molar-refractivity contribution is 7.92. The van der Waals surface area contributed by atoms with Crippen LogP contribution in [0, 0.1) is 12.7 Å². The van der Waals surface area contributed by atoms with Gasteiger partial charge in [0.2, 0.25) is 11.8 Å². The molecule has 0 saturated carbocycles. The molecule has 1 N–H and O–H groups in total. The van der Waals surface area contributed by atoms with Crippen LogP contribution in [-0.2, 0) is 32.6 Å². The number of carbonyl (C=O) groups excluding carboxylic acids is 2. The Morgan fingerprint density at radius 3 is 1.98 bits per heavy atom. The van der Waals surface area contributed by atoms with Gasteiger partial charge in [-0.15, -0.1) is 0 Å². The lowest BCUT2D eigenvalue weighted by Gasteiger charge is -2.35. The van der Waals surface area contributed by atoms with E-state index in [2.05, 4.69) is 5.32 Å². The number of nitrogens with one attached hydrogen (secondary N) is 1. The van der Waals surface area contributed by atoms with Crippen molar-refractivity contribution in [3.8, 4) is 0 Å². The number of rotatable bonds is 11. The van der Waals surface area contributed by atoms with Crippen LogP contribution in [0.15, 0.2) is 114 Å². The molecule has 0 saturated heterocycles. The summed E-state index contributed by atoms with van der Waals surface area (Å²) in [5.41, 5.74) is 2.13. The summed E-state index contributed by atoms with van der Waals surface area (Å²) >= 11 is 0. The van der Waals surface area contributed by atoms with Crippen LogP contribution in [0.4, 0.5) is 10.1 Å². The number of sulfonamides is 1. The Balaban J connectivity index is 1.82. The zero-order valence-electron chi connectivity index (χ0n) is 25.4. The molecule has 0 aliphatic carbocycles. The standard InChI is InChI=1S/C35H38FN3O4S/c1-26-13-11-12-16-28(26)24-38(32(34(41)37-35(2,3)4)23-27-14-7-5-8-15-27)33(40)25-39(30-21-19-29(36)20-22-30)44(42,43)31-17-9-6-10-18-31/h5-22,32H,23-25H2,1-4H3,(H,37,41). The number of amides is 2. The number of benzene rings is 4. The van der Waals surface area contributed by atoms with E-state index < -0.39 is 39.9 Å². The first kappa shape index (κ1) is 32.4. The Hall–Kier alpha value is -4.50. The first-order chi connectivity index (χ1) is 20.8. The maximum atomic E-state index is 14.5. The molecule has 0 spiro atoms. The normalized spacial score (nSPS) is 12.3. The molecule has 4 rings (SSSR count). The van der Waals surface area contributed by atoms with Crippen LogP contribution in [0.3, 0.4) is 0 Å². The lowest BCUT2D eigenvalue weighted by atomic mass is 10.00. The number of aryl methyl sites for hydroxylation is 1. The van der Waals surface area contributed by atoms with Crippen molar-refractivity contribution in [3.63, 3.8) is 0 Å². The number of hydrogen-bond acceptors (Lipinski definition) is 4. The first-order valence-electron chi connectivity index (χ1n) is 14.4. The zero-order chi connectivity index (χ0) is 31.9. The summed E-state index contributed by atoms with van der Waals surface area (Å²) in [5.74, 6) is -1.48. The second-order valence-electron chi connectivity index (χ2n) is 11.7. The summed E-state index contributed by atoms with van der Waals surface area (Å²) in [6, 6.07) is 28.7. The van der Waals surface area contributed by atoms with Crippen LogP contribution in [0.5, 0.6) is 0 Å². The molecule has 1 atom stereocenters. The maximum Gasteiger partial charge on any atom is 0.264 e. The molecule has 44 heavy (non-hydrogen) atoms. The van der Waals surface area contributed by atoms with E-state index in [0.717, 1.165) is 33.1 Å². The Morgan fingerprint density at radius 2 is 1.39 bits per heavy atom. The van der Waals surface area contributed by atoms with Gasteiger partial charge in [0.25, 0.3) is 10.0 Å². The first-order valence-corrected chi connectivity index (χ1v) is 15.8. The third kappa shape index (κ3) is 8.32. The molecule has 0 aromatic heterocycles. The average Bonchev–Trinajstić information content (AvgIpc) is 2.99. The minimum absolute atomic E-state index is 0.0195. The van der Waals surface area contributed by atoms with Crippen molar-refractivity contribution in [3.05, 3.63) is 132 Å². The van der Waals surface area contributed by atoms with E-state index >= 15 is 0 Å². The van der Waals surface area contributed by atoms with E-state index in [4.69, 9.17) is 0 Å². The van der Waals surface area contributed by atoms with Gasteiger partial charge in [-0.1, -0.05) is 72.8 Å². The summed E-state index contributed by atoms with van der Waals surface area (Å²) < 4.78 is 42.8. The van der Waals surface area contributed by atoms with Crippen molar-refractivity contribution in [1.29, 1.82) is 0 Å². The Kier molecular flexibility index (Phi) is 10.2. The lowest BCUT2D eigenvalue weighted by Crippen LogP contribution is -2.56. The van der Waals surface area contributed by atoms with Gasteiger partial charge in [-0.3, -0.25) is 13.9 Å². The number of anilines is 1. The molecule has 0 aliphatic rings. The largest absolute Gasteiger partial charge is 0.350 e. The lowest BCUT2D eigenvalue weighted by molar-refractivity contribution is -0.140. The average molecular weight is 616 g/mol. The quantitative estimate of drug-likeness (QED) is 0.228. The van der Waals surface area contributed by atoms with Crippen molar-refractivity contribution in [2.45, 2.75) is 57.1 Å². The summed E-state index contributed by atoms with van der Waals surface area (Å²) in [4.78, 5) is 29.8. The molecular formula is C35H38FN3O4S. The molecule has 0 radical (unpaired) electrons. The number of halogens is 1. The van der Waals surface area contributed by atoms with Crippen LogP contribution in [0.1, 0.15) is 37.5 Å². The molecule has 4 aromatic rings. The smallest absolute Gasteiger partial charge is 0.264 e. The second kappa shape index (κ2) is 13.9. The maximum absolute atomic E-state index is 14.5. The fourth-order valence-electron chi connectivity index (χ4n) is 4.83. The van der Waals surface area contributed by atoms with Crippen molar-refractivity contribution in [2.24, 2.45) is 0 Å². The van der Waals surface area contributed by atoms with Gasteiger partial charge in [0.05, 0.1) is 10.6 Å². The molecule has 0 heterocycles. The van der Waals surface area contributed by atoms with Crippen LogP contribution in [0.2, 0.25) is 0 Å². The van der Waals surface area contributed by atoms with Crippen LogP contribution < -0.4 is 9.62 Å². The minimum Gasteiger partial charge on any atom is -0.350 e. The topological polar surface area (TPSA) is 86.8 Å². The van der Waals surface area contributed by atoms with Gasteiger partial charge in [0.15, 0.2) is 0 Å². The second-order valence-corrected chi connectivity index (χ2v) is 13.6. The Bertz CT molecular complexity index is 1670. The van der Waals surface area contributed by atoms with Crippen molar-refractivity contribution in [1.82, 2.24) is 10.2 Å². The van der Waals surface area contributed by atoms with Gasteiger partial charge in [-0.2, -0.15) is 0 Å². The van der Waals surface area contributed by atoms with Crippen LogP contribution in [0.25, 0.3) is 0 Å². The molecule has 7 nitrogen and oxygen atoms in total. The van der Waals surface area contributed by atoms with E-state index in [1.54, 1.807) is 18.2 Å². The predicted molar refractivity (Wildman–Crippen MR) is 171 cm³/mol. The highest BCUT2D eigenvalue weighted by Gasteiger charge is 2.35. The molecule has 230 valence electrons. The highest BCUT2D eigenvalue weighted by atomic mass is 32.2. The van der Waals surface area contributed by atoms with E-state index in [9.17, 15) is 22.4 Å². The summed E-state index contributed by atoms with van der Waals surface area (Å²) in [5, 5.41) is 3.02. The number of carbonyl (C=O) groups is 2. The van der Waals surface area contributed by atoms with Crippen LogP contribution in [-0.4, -0.2) is 43.3 Å². The van der Waals surface area contributed by atoms with Gasteiger partial charge in [-0.25, -0.2) is 12.8 Å². The van der Waals surface area contributed by atoms with Crippen molar-refractivity contribution >= 4 is 27.5 Å². The monoisotopic (exact) mass is 615 g/mol. The van der Waals surface area contributed by atoms with Crippen LogP contribution >= 0.6 is 0 Å². The molecule has 0 fully saturated rings. The number of hydrogen-bond donors (Lipinski definition) is 1. The molecular weight excluding hydrogens is 577 g/mol. The van der Waals surface area contributed by atoms with E-state index in [1.807, 2.05) is 82.3 Å². The summed E-state index contributed by atoms with van der Waals surface area (Å²) in [7, 11) is -4.25. The molecule has 0 bridgehead atoms. The van der Waals surface area contributed by atoms with Crippen molar-refractivity contribution < 1.29 is 22.4 Å².